The number of pyridine rings is 1. The van der Waals surface area contributed by atoms with Crippen molar-refractivity contribution in [2.24, 2.45) is 0 Å². The minimum atomic E-state index is 0.563. The monoisotopic (exact) mass is 495 g/mol. The smallest absolute Gasteiger partial charge is 0.213 e. The highest BCUT2D eigenvalue weighted by Gasteiger charge is 2.19. The van der Waals surface area contributed by atoms with Gasteiger partial charge in [-0.05, 0) is 49.3 Å². The second-order valence-corrected chi connectivity index (χ2v) is 8.87. The fourth-order valence-corrected chi connectivity index (χ4v) is 4.34. The third-order valence-electron chi connectivity index (χ3n) is 6.45. The van der Waals surface area contributed by atoms with Crippen LogP contribution in [0.1, 0.15) is 25.0 Å². The summed E-state index contributed by atoms with van der Waals surface area (Å²) in [5.74, 6) is 0. The van der Waals surface area contributed by atoms with Gasteiger partial charge in [0.05, 0.1) is 39.6 Å². The molecule has 0 N–H and O–H groups in total. The van der Waals surface area contributed by atoms with E-state index >= 15 is 0 Å². The van der Waals surface area contributed by atoms with Crippen LogP contribution < -0.4 is 4.57 Å². The number of hydrogen-bond acceptors (Lipinski definition) is 5. The van der Waals surface area contributed by atoms with Gasteiger partial charge in [0.15, 0.2) is 6.54 Å². The van der Waals surface area contributed by atoms with E-state index in [0.717, 1.165) is 26.2 Å². The number of benzene rings is 2. The van der Waals surface area contributed by atoms with Crippen molar-refractivity contribution >= 4 is 10.9 Å². The summed E-state index contributed by atoms with van der Waals surface area (Å²) >= 11 is 0. The number of nitrogens with zero attached hydrogens (tertiary/aromatic N) is 2. The first kappa shape index (κ1) is 28.2. The summed E-state index contributed by atoms with van der Waals surface area (Å²) in [4.78, 5) is 2.44. The quantitative estimate of drug-likeness (QED) is 0.202. The number of rotatable bonds is 17. The van der Waals surface area contributed by atoms with E-state index in [2.05, 4.69) is 84.8 Å². The van der Waals surface area contributed by atoms with E-state index in [1.165, 1.54) is 33.3 Å². The average Bonchev–Trinajstić information content (AvgIpc) is 2.91. The van der Waals surface area contributed by atoms with Crippen LogP contribution in [0.5, 0.6) is 0 Å². The van der Waals surface area contributed by atoms with Gasteiger partial charge in [-0.25, -0.2) is 0 Å². The normalized spacial score (nSPS) is 11.6. The van der Waals surface area contributed by atoms with Crippen molar-refractivity contribution < 1.29 is 23.5 Å². The van der Waals surface area contributed by atoms with Crippen LogP contribution in [0.25, 0.3) is 22.2 Å². The van der Waals surface area contributed by atoms with Crippen molar-refractivity contribution in [3.05, 3.63) is 65.7 Å². The van der Waals surface area contributed by atoms with Gasteiger partial charge in [0, 0.05) is 36.7 Å². The highest BCUT2D eigenvalue weighted by molar-refractivity contribution is 5.81. The molecule has 0 atom stereocenters. The first-order valence-electron chi connectivity index (χ1n) is 13.1. The van der Waals surface area contributed by atoms with Crippen LogP contribution in [0.3, 0.4) is 0 Å². The number of para-hydroxylation sites is 1. The van der Waals surface area contributed by atoms with E-state index in [-0.39, 0.29) is 0 Å². The molecule has 0 saturated heterocycles. The summed E-state index contributed by atoms with van der Waals surface area (Å²) < 4.78 is 24.3. The SMILES string of the molecule is CCN(CC)Cc1ccc(-c2cc(C)c3ccccc3[n+]2CCOCCOCCOCCOC)cc1. The minimum Gasteiger partial charge on any atom is -0.382 e. The first-order valence-corrected chi connectivity index (χ1v) is 13.1. The summed E-state index contributed by atoms with van der Waals surface area (Å²) in [7, 11) is 1.67. The van der Waals surface area contributed by atoms with Gasteiger partial charge in [0.2, 0.25) is 11.2 Å². The van der Waals surface area contributed by atoms with Gasteiger partial charge in [-0.2, -0.15) is 4.57 Å². The van der Waals surface area contributed by atoms with Crippen molar-refractivity contribution in [2.45, 2.75) is 33.9 Å². The number of methoxy groups -OCH3 is 1. The molecule has 6 heteroatoms. The van der Waals surface area contributed by atoms with Gasteiger partial charge < -0.3 is 18.9 Å². The molecule has 0 aliphatic rings. The molecule has 0 unspecified atom stereocenters. The summed E-state index contributed by atoms with van der Waals surface area (Å²) in [5.41, 5.74) is 6.30. The summed E-state index contributed by atoms with van der Waals surface area (Å²) in [6.45, 7) is 14.6. The van der Waals surface area contributed by atoms with Crippen LogP contribution in [-0.2, 0) is 32.0 Å². The van der Waals surface area contributed by atoms with Crippen LogP contribution in [-0.4, -0.2) is 71.3 Å². The lowest BCUT2D eigenvalue weighted by Gasteiger charge is -2.18. The maximum absolute atomic E-state index is 5.93. The summed E-state index contributed by atoms with van der Waals surface area (Å²) in [5, 5.41) is 1.27. The fraction of sp³-hybridized carbons (Fsp3) is 0.500. The van der Waals surface area contributed by atoms with E-state index in [1.54, 1.807) is 7.11 Å². The Labute approximate surface area is 216 Å². The molecule has 196 valence electrons. The van der Waals surface area contributed by atoms with Gasteiger partial charge in [-0.3, -0.25) is 4.90 Å². The lowest BCUT2D eigenvalue weighted by Crippen LogP contribution is -2.39. The van der Waals surface area contributed by atoms with Crippen LogP contribution in [0, 0.1) is 6.92 Å². The molecule has 0 radical (unpaired) electrons. The molecule has 1 aromatic heterocycles. The van der Waals surface area contributed by atoms with E-state index in [1.807, 2.05) is 0 Å². The minimum absolute atomic E-state index is 0.563. The molecule has 3 rings (SSSR count). The zero-order chi connectivity index (χ0) is 25.6. The molecule has 6 nitrogen and oxygen atoms in total. The molecule has 36 heavy (non-hydrogen) atoms. The highest BCUT2D eigenvalue weighted by Crippen LogP contribution is 2.24. The lowest BCUT2D eigenvalue weighted by atomic mass is 10.0. The lowest BCUT2D eigenvalue weighted by molar-refractivity contribution is -0.662. The molecule has 2 aromatic carbocycles. The third-order valence-corrected chi connectivity index (χ3v) is 6.45. The largest absolute Gasteiger partial charge is 0.382 e. The van der Waals surface area contributed by atoms with Gasteiger partial charge in [-0.15, -0.1) is 0 Å². The summed E-state index contributed by atoms with van der Waals surface area (Å²) in [6, 6.07) is 19.9. The summed E-state index contributed by atoms with van der Waals surface area (Å²) in [6.07, 6.45) is 0. The topological polar surface area (TPSA) is 44.0 Å². The zero-order valence-corrected chi connectivity index (χ0v) is 22.5. The Morgan fingerprint density at radius 2 is 1.36 bits per heavy atom. The predicted octanol–water partition coefficient (Wildman–Crippen LogP) is 4.64. The van der Waals surface area contributed by atoms with E-state index in [9.17, 15) is 0 Å². The standard InChI is InChI=1S/C30H43N2O4/c1-5-31(6-2)24-26-11-13-27(14-12-26)30-23-25(3)28-9-7-8-10-29(28)32(30)15-16-34-19-20-36-22-21-35-18-17-33-4/h7-14,23H,5-6,15-22,24H2,1-4H3/q+1. The molecule has 0 amide bonds. The molecule has 3 aromatic rings. The van der Waals surface area contributed by atoms with Crippen molar-refractivity contribution in [1.82, 2.24) is 4.90 Å². The molecule has 0 aliphatic carbocycles. The van der Waals surface area contributed by atoms with Gasteiger partial charge >= 0.3 is 0 Å². The van der Waals surface area contributed by atoms with E-state index < -0.39 is 0 Å². The van der Waals surface area contributed by atoms with Gasteiger partial charge in [0.1, 0.15) is 6.61 Å². The fourth-order valence-electron chi connectivity index (χ4n) is 4.34. The maximum Gasteiger partial charge on any atom is 0.213 e. The van der Waals surface area contributed by atoms with Crippen molar-refractivity contribution in [3.63, 3.8) is 0 Å². The first-order chi connectivity index (χ1) is 17.7. The van der Waals surface area contributed by atoms with Crippen molar-refractivity contribution in [1.29, 1.82) is 0 Å². The number of hydrogen-bond donors (Lipinski definition) is 0. The number of aryl methyl sites for hydroxylation is 1. The molecule has 0 saturated carbocycles. The number of fused-ring (bicyclic) bond motifs is 1. The molecular weight excluding hydrogens is 452 g/mol. The van der Waals surface area contributed by atoms with Crippen LogP contribution in [0.2, 0.25) is 0 Å². The van der Waals surface area contributed by atoms with E-state index in [0.29, 0.717) is 46.2 Å². The van der Waals surface area contributed by atoms with Crippen LogP contribution >= 0.6 is 0 Å². The maximum atomic E-state index is 5.93. The second-order valence-electron chi connectivity index (χ2n) is 8.87. The Kier molecular flexibility index (Phi) is 12.3. The van der Waals surface area contributed by atoms with E-state index in [4.69, 9.17) is 18.9 Å². The molecule has 1 heterocycles. The average molecular weight is 496 g/mol. The molecule has 0 fully saturated rings. The molecule has 0 aliphatic heterocycles. The zero-order valence-electron chi connectivity index (χ0n) is 22.5. The Morgan fingerprint density at radius 1 is 0.750 bits per heavy atom. The second kappa shape index (κ2) is 15.7. The van der Waals surface area contributed by atoms with Gasteiger partial charge in [-0.1, -0.05) is 38.1 Å². The highest BCUT2D eigenvalue weighted by atomic mass is 16.6. The Hall–Kier alpha value is -2.35. The Bertz CT molecular complexity index is 1040. The molecule has 0 bridgehead atoms. The predicted molar refractivity (Wildman–Crippen MR) is 145 cm³/mol. The Morgan fingerprint density at radius 3 is 2.00 bits per heavy atom. The van der Waals surface area contributed by atoms with Crippen molar-refractivity contribution in [3.8, 4) is 11.3 Å². The van der Waals surface area contributed by atoms with Gasteiger partial charge in [0.25, 0.3) is 0 Å². The van der Waals surface area contributed by atoms with Crippen LogP contribution in [0.4, 0.5) is 0 Å². The van der Waals surface area contributed by atoms with Crippen LogP contribution in [0.15, 0.2) is 54.6 Å². The number of ether oxygens (including phenoxy) is 4. The van der Waals surface area contributed by atoms with Crippen molar-refractivity contribution in [2.75, 3.05) is 66.4 Å². The Balaban J connectivity index is 1.64. The number of aromatic nitrogens is 1. The third kappa shape index (κ3) is 8.36. The molecular formula is C30H43N2O4+. The molecule has 0 spiro atoms.